The van der Waals surface area contributed by atoms with Crippen LogP contribution in [0.4, 0.5) is 0 Å². The monoisotopic (exact) mass is 550 g/mol. The maximum atomic E-state index is 13.2. The molecule has 0 aliphatic rings. The van der Waals surface area contributed by atoms with Gasteiger partial charge in [-0.05, 0) is 42.3 Å². The standard InChI is InChI=1S/C29H34N4O7/c1-7-24(34)40-27-23(39-6)16-17-30-25(27)29(36)31-18(2)28(35)32-33(3)26(19-8-12-21(37-4)13-9-19)20-10-14-22(38-5)15-11-20/h8-18,26H,7H2,1-6H3,(H,31,36)(H,32,35)/t18-/m0/s1. The number of methoxy groups -OCH3 is 3. The number of carbonyl (C=O) groups is 3. The van der Waals surface area contributed by atoms with Crippen LogP contribution in [-0.4, -0.2) is 62.2 Å². The Morgan fingerprint density at radius 3 is 1.90 bits per heavy atom. The van der Waals surface area contributed by atoms with Crippen LogP contribution < -0.4 is 29.7 Å². The molecule has 11 heteroatoms. The molecule has 0 saturated carbocycles. The van der Waals surface area contributed by atoms with E-state index in [1.165, 1.54) is 26.3 Å². The molecule has 0 aliphatic heterocycles. The zero-order chi connectivity index (χ0) is 29.2. The van der Waals surface area contributed by atoms with Gasteiger partial charge in [0.15, 0.2) is 11.4 Å². The van der Waals surface area contributed by atoms with E-state index in [-0.39, 0.29) is 29.7 Å². The van der Waals surface area contributed by atoms with Crippen molar-refractivity contribution in [3.05, 3.63) is 77.6 Å². The summed E-state index contributed by atoms with van der Waals surface area (Å²) in [4.78, 5) is 42.2. The van der Waals surface area contributed by atoms with E-state index < -0.39 is 23.8 Å². The van der Waals surface area contributed by atoms with Crippen LogP contribution in [0.3, 0.4) is 0 Å². The number of benzene rings is 2. The zero-order valence-corrected chi connectivity index (χ0v) is 23.4. The number of pyridine rings is 1. The quantitative estimate of drug-likeness (QED) is 0.258. The molecule has 0 unspecified atom stereocenters. The van der Waals surface area contributed by atoms with Crippen LogP contribution in [0, 0.1) is 0 Å². The lowest BCUT2D eigenvalue weighted by molar-refractivity contribution is -0.134. The van der Waals surface area contributed by atoms with Crippen molar-refractivity contribution in [1.82, 2.24) is 20.7 Å². The minimum absolute atomic E-state index is 0.0911. The van der Waals surface area contributed by atoms with Gasteiger partial charge < -0.3 is 24.3 Å². The summed E-state index contributed by atoms with van der Waals surface area (Å²) in [5.41, 5.74) is 4.47. The summed E-state index contributed by atoms with van der Waals surface area (Å²) in [7, 11) is 6.30. The van der Waals surface area contributed by atoms with Crippen LogP contribution in [-0.2, 0) is 9.59 Å². The van der Waals surface area contributed by atoms with Crippen LogP contribution in [0.25, 0.3) is 0 Å². The second-order valence-corrected chi connectivity index (χ2v) is 8.75. The van der Waals surface area contributed by atoms with E-state index in [4.69, 9.17) is 18.9 Å². The van der Waals surface area contributed by atoms with Gasteiger partial charge in [-0.15, -0.1) is 0 Å². The number of amides is 2. The topological polar surface area (TPSA) is 128 Å². The van der Waals surface area contributed by atoms with Crippen molar-refractivity contribution in [2.24, 2.45) is 0 Å². The van der Waals surface area contributed by atoms with Gasteiger partial charge in [0.2, 0.25) is 5.75 Å². The predicted molar refractivity (Wildman–Crippen MR) is 147 cm³/mol. The van der Waals surface area contributed by atoms with E-state index >= 15 is 0 Å². The Balaban J connectivity index is 1.80. The average Bonchev–Trinajstić information content (AvgIpc) is 2.97. The van der Waals surface area contributed by atoms with Gasteiger partial charge in [-0.3, -0.25) is 19.8 Å². The second-order valence-electron chi connectivity index (χ2n) is 8.75. The highest BCUT2D eigenvalue weighted by Crippen LogP contribution is 2.31. The third kappa shape index (κ3) is 7.26. The SMILES string of the molecule is CCC(=O)Oc1c(OC)ccnc1C(=O)N[C@@H](C)C(=O)NN(C)C(c1ccc(OC)cc1)c1ccc(OC)cc1. The molecule has 0 saturated heterocycles. The summed E-state index contributed by atoms with van der Waals surface area (Å²) in [5.74, 6) is -0.275. The summed E-state index contributed by atoms with van der Waals surface area (Å²) in [6, 6.07) is 15.1. The Kier molecular flexibility index (Phi) is 10.4. The third-order valence-electron chi connectivity index (χ3n) is 6.09. The van der Waals surface area contributed by atoms with E-state index in [1.54, 1.807) is 33.2 Å². The lowest BCUT2D eigenvalue weighted by atomic mass is 9.98. The molecule has 2 aromatic carbocycles. The molecule has 2 N–H and O–H groups in total. The van der Waals surface area contributed by atoms with E-state index in [2.05, 4.69) is 15.7 Å². The van der Waals surface area contributed by atoms with Crippen molar-refractivity contribution in [3.63, 3.8) is 0 Å². The highest BCUT2D eigenvalue weighted by molar-refractivity contribution is 5.99. The fraction of sp³-hybridized carbons (Fsp3) is 0.310. The molecular weight excluding hydrogens is 516 g/mol. The molecule has 0 radical (unpaired) electrons. The fourth-order valence-electron chi connectivity index (χ4n) is 3.92. The van der Waals surface area contributed by atoms with E-state index in [9.17, 15) is 14.4 Å². The van der Waals surface area contributed by atoms with Crippen LogP contribution >= 0.6 is 0 Å². The number of rotatable bonds is 12. The molecule has 2 amide bonds. The van der Waals surface area contributed by atoms with Crippen molar-refractivity contribution in [2.45, 2.75) is 32.4 Å². The highest BCUT2D eigenvalue weighted by atomic mass is 16.6. The van der Waals surface area contributed by atoms with Gasteiger partial charge in [-0.25, -0.2) is 9.99 Å². The molecule has 212 valence electrons. The minimum Gasteiger partial charge on any atom is -0.497 e. The lowest BCUT2D eigenvalue weighted by Crippen LogP contribution is -2.51. The van der Waals surface area contributed by atoms with Crippen molar-refractivity contribution in [3.8, 4) is 23.0 Å². The Bertz CT molecular complexity index is 1270. The first kappa shape index (κ1) is 29.9. The number of nitrogens with zero attached hydrogens (tertiary/aromatic N) is 2. The maximum absolute atomic E-state index is 13.2. The number of hydrogen-bond donors (Lipinski definition) is 2. The zero-order valence-electron chi connectivity index (χ0n) is 23.4. The van der Waals surface area contributed by atoms with Gasteiger partial charge in [0, 0.05) is 25.7 Å². The summed E-state index contributed by atoms with van der Waals surface area (Å²) in [5, 5.41) is 4.27. The average molecular weight is 551 g/mol. The third-order valence-corrected chi connectivity index (χ3v) is 6.09. The number of nitrogens with one attached hydrogen (secondary N) is 2. The smallest absolute Gasteiger partial charge is 0.311 e. The first-order valence-corrected chi connectivity index (χ1v) is 12.6. The number of carbonyl (C=O) groups excluding carboxylic acids is 3. The van der Waals surface area contributed by atoms with Crippen molar-refractivity contribution < 1.29 is 33.3 Å². The van der Waals surface area contributed by atoms with E-state index in [0.717, 1.165) is 11.1 Å². The first-order valence-electron chi connectivity index (χ1n) is 12.6. The van der Waals surface area contributed by atoms with E-state index in [1.807, 2.05) is 48.5 Å². The fourth-order valence-corrected chi connectivity index (χ4v) is 3.92. The Morgan fingerprint density at radius 2 is 1.43 bits per heavy atom. The number of hydrogen-bond acceptors (Lipinski definition) is 9. The highest BCUT2D eigenvalue weighted by Gasteiger charge is 2.27. The maximum Gasteiger partial charge on any atom is 0.311 e. The van der Waals surface area contributed by atoms with Crippen molar-refractivity contribution >= 4 is 17.8 Å². The number of ether oxygens (including phenoxy) is 4. The number of esters is 1. The van der Waals surface area contributed by atoms with Gasteiger partial charge >= 0.3 is 5.97 Å². The molecule has 1 aromatic heterocycles. The van der Waals surface area contributed by atoms with Gasteiger partial charge in [-0.2, -0.15) is 0 Å². The molecular formula is C29H34N4O7. The molecule has 0 aliphatic carbocycles. The largest absolute Gasteiger partial charge is 0.497 e. The Labute approximate surface area is 233 Å². The number of hydrazine groups is 1. The van der Waals surface area contributed by atoms with Gasteiger partial charge in [0.25, 0.3) is 11.8 Å². The number of aromatic nitrogens is 1. The first-order chi connectivity index (χ1) is 19.2. The van der Waals surface area contributed by atoms with Crippen molar-refractivity contribution in [2.75, 3.05) is 28.4 Å². The molecule has 1 heterocycles. The summed E-state index contributed by atoms with van der Waals surface area (Å²) in [6.07, 6.45) is 1.44. The van der Waals surface area contributed by atoms with Gasteiger partial charge in [-0.1, -0.05) is 31.2 Å². The molecule has 0 bridgehead atoms. The van der Waals surface area contributed by atoms with Gasteiger partial charge in [0.1, 0.15) is 17.5 Å². The molecule has 11 nitrogen and oxygen atoms in total. The Hall–Kier alpha value is -4.64. The van der Waals surface area contributed by atoms with Crippen LogP contribution in [0.1, 0.15) is 47.9 Å². The van der Waals surface area contributed by atoms with Crippen LogP contribution in [0.5, 0.6) is 23.0 Å². The summed E-state index contributed by atoms with van der Waals surface area (Å²) in [6.45, 7) is 3.16. The molecule has 40 heavy (non-hydrogen) atoms. The molecule has 3 rings (SSSR count). The molecule has 1 atom stereocenters. The lowest BCUT2D eigenvalue weighted by Gasteiger charge is -2.30. The Morgan fingerprint density at radius 1 is 0.875 bits per heavy atom. The minimum atomic E-state index is -0.968. The van der Waals surface area contributed by atoms with Gasteiger partial charge in [0.05, 0.1) is 27.4 Å². The van der Waals surface area contributed by atoms with E-state index in [0.29, 0.717) is 11.5 Å². The van der Waals surface area contributed by atoms with Crippen LogP contribution in [0.15, 0.2) is 60.8 Å². The summed E-state index contributed by atoms with van der Waals surface area (Å²) >= 11 is 0. The molecule has 3 aromatic rings. The van der Waals surface area contributed by atoms with Crippen LogP contribution in [0.2, 0.25) is 0 Å². The second kappa shape index (κ2) is 13.9. The summed E-state index contributed by atoms with van der Waals surface area (Å²) < 4.78 is 21.1. The molecule has 0 spiro atoms. The normalized spacial score (nSPS) is 11.5. The molecule has 0 fully saturated rings. The van der Waals surface area contributed by atoms with Crippen molar-refractivity contribution in [1.29, 1.82) is 0 Å². The predicted octanol–water partition coefficient (Wildman–Crippen LogP) is 3.29.